The fourth-order valence-corrected chi connectivity index (χ4v) is 3.40. The number of hydrogen-bond donors (Lipinski definition) is 3. The van der Waals surface area contributed by atoms with Crippen LogP contribution in [0.1, 0.15) is 17.7 Å². The molecule has 7 heteroatoms. The van der Waals surface area contributed by atoms with Gasteiger partial charge in [-0.05, 0) is 42.7 Å². The molecular weight excluding hydrogens is 346 g/mol. The predicted molar refractivity (Wildman–Crippen MR) is 101 cm³/mol. The summed E-state index contributed by atoms with van der Waals surface area (Å²) in [5.41, 5.74) is 1.06. The van der Waals surface area contributed by atoms with Crippen LogP contribution in [0.4, 0.5) is 4.79 Å². The zero-order valence-corrected chi connectivity index (χ0v) is 15.4. The van der Waals surface area contributed by atoms with E-state index in [0.29, 0.717) is 39.0 Å². The largest absolute Gasteiger partial charge is 0.508 e. The first-order chi connectivity index (χ1) is 13.2. The molecular formula is C20H27N3O4. The van der Waals surface area contributed by atoms with Crippen LogP contribution in [0.25, 0.3) is 0 Å². The maximum atomic E-state index is 12.5. The Labute approximate surface area is 159 Å². The molecule has 1 aliphatic rings. The number of phenolic OH excluding ortho intramolecular Hbond substituents is 1. The van der Waals surface area contributed by atoms with E-state index in [2.05, 4.69) is 10.2 Å². The van der Waals surface area contributed by atoms with E-state index in [1.165, 1.54) is 0 Å². The number of furan rings is 1. The lowest BCUT2D eigenvalue weighted by molar-refractivity contribution is 0.0636. The summed E-state index contributed by atoms with van der Waals surface area (Å²) in [6, 6.07) is 10.8. The van der Waals surface area contributed by atoms with Gasteiger partial charge in [-0.1, -0.05) is 12.1 Å². The monoisotopic (exact) mass is 373 g/mol. The van der Waals surface area contributed by atoms with E-state index >= 15 is 0 Å². The number of aliphatic hydroxyl groups is 1. The van der Waals surface area contributed by atoms with E-state index in [9.17, 15) is 15.0 Å². The minimum atomic E-state index is -0.0747. The van der Waals surface area contributed by atoms with Gasteiger partial charge in [0.2, 0.25) is 0 Å². The quantitative estimate of drug-likeness (QED) is 0.689. The molecule has 1 fully saturated rings. The standard InChI is InChI=1S/C20H27N3O4/c24-12-8-17-14-23(11-10-22(17)15-19-2-1-13-27-19)20(26)21-9-7-16-3-5-18(25)6-4-16/h1-6,13,17,24-25H,7-12,14-15H2,(H,21,26)/t17-/m0/s1. The summed E-state index contributed by atoms with van der Waals surface area (Å²) >= 11 is 0. The highest BCUT2D eigenvalue weighted by molar-refractivity contribution is 5.74. The highest BCUT2D eigenvalue weighted by atomic mass is 16.3. The highest BCUT2D eigenvalue weighted by Crippen LogP contribution is 2.17. The van der Waals surface area contributed by atoms with Crippen molar-refractivity contribution >= 4 is 6.03 Å². The van der Waals surface area contributed by atoms with E-state index in [0.717, 1.165) is 17.9 Å². The third-order valence-electron chi connectivity index (χ3n) is 4.92. The Morgan fingerprint density at radius 1 is 1.22 bits per heavy atom. The summed E-state index contributed by atoms with van der Waals surface area (Å²) in [6.07, 6.45) is 3.00. The lowest BCUT2D eigenvalue weighted by Crippen LogP contribution is -2.56. The topological polar surface area (TPSA) is 89.2 Å². The molecule has 1 saturated heterocycles. The molecule has 1 aromatic heterocycles. The highest BCUT2D eigenvalue weighted by Gasteiger charge is 2.29. The molecule has 27 heavy (non-hydrogen) atoms. The van der Waals surface area contributed by atoms with Crippen molar-refractivity contribution in [3.63, 3.8) is 0 Å². The van der Waals surface area contributed by atoms with Gasteiger partial charge in [-0.3, -0.25) is 4.90 Å². The molecule has 2 amide bonds. The van der Waals surface area contributed by atoms with E-state index in [1.54, 1.807) is 18.4 Å². The number of carbonyl (C=O) groups is 1. The number of aliphatic hydroxyl groups excluding tert-OH is 1. The molecule has 3 N–H and O–H groups in total. The van der Waals surface area contributed by atoms with Gasteiger partial charge in [0, 0.05) is 38.8 Å². The van der Waals surface area contributed by atoms with Crippen molar-refractivity contribution in [3.8, 4) is 5.75 Å². The first-order valence-electron chi connectivity index (χ1n) is 9.33. The number of amides is 2. The van der Waals surface area contributed by atoms with Crippen molar-refractivity contribution < 1.29 is 19.4 Å². The molecule has 3 rings (SSSR count). The molecule has 146 valence electrons. The molecule has 0 unspecified atom stereocenters. The summed E-state index contributed by atoms with van der Waals surface area (Å²) in [7, 11) is 0. The molecule has 2 heterocycles. The molecule has 7 nitrogen and oxygen atoms in total. The summed E-state index contributed by atoms with van der Waals surface area (Å²) in [4.78, 5) is 16.6. The van der Waals surface area contributed by atoms with Gasteiger partial charge in [0.25, 0.3) is 0 Å². The molecule has 2 aromatic rings. The van der Waals surface area contributed by atoms with Gasteiger partial charge in [0.05, 0.1) is 12.8 Å². The third kappa shape index (κ3) is 5.48. The van der Waals surface area contributed by atoms with E-state index in [4.69, 9.17) is 4.42 Å². The summed E-state index contributed by atoms with van der Waals surface area (Å²) in [5, 5.41) is 21.7. The average molecular weight is 373 g/mol. The zero-order valence-electron chi connectivity index (χ0n) is 15.4. The van der Waals surface area contributed by atoms with Crippen LogP contribution in [0.15, 0.2) is 47.1 Å². The van der Waals surface area contributed by atoms with Crippen LogP contribution in [0.3, 0.4) is 0 Å². The summed E-state index contributed by atoms with van der Waals surface area (Å²) in [5.74, 6) is 1.13. The normalized spacial score (nSPS) is 17.8. The lowest BCUT2D eigenvalue weighted by atomic mass is 10.1. The Morgan fingerprint density at radius 3 is 2.74 bits per heavy atom. The van der Waals surface area contributed by atoms with Gasteiger partial charge in [-0.15, -0.1) is 0 Å². The Kier molecular flexibility index (Phi) is 6.73. The van der Waals surface area contributed by atoms with Gasteiger partial charge < -0.3 is 24.8 Å². The third-order valence-corrected chi connectivity index (χ3v) is 4.92. The van der Waals surface area contributed by atoms with Gasteiger partial charge in [0.15, 0.2) is 0 Å². The minimum absolute atomic E-state index is 0.0747. The number of phenols is 1. The maximum Gasteiger partial charge on any atom is 0.317 e. The second-order valence-electron chi connectivity index (χ2n) is 6.81. The fourth-order valence-electron chi connectivity index (χ4n) is 3.40. The number of piperazine rings is 1. The fraction of sp³-hybridized carbons (Fsp3) is 0.450. The molecule has 1 aliphatic heterocycles. The van der Waals surface area contributed by atoms with Crippen LogP contribution >= 0.6 is 0 Å². The number of rotatable bonds is 7. The van der Waals surface area contributed by atoms with Gasteiger partial charge in [-0.2, -0.15) is 0 Å². The molecule has 0 saturated carbocycles. The number of aromatic hydroxyl groups is 1. The van der Waals surface area contributed by atoms with Crippen LogP contribution in [0.5, 0.6) is 5.75 Å². The Bertz CT molecular complexity index is 703. The molecule has 1 aromatic carbocycles. The van der Waals surface area contributed by atoms with Crippen LogP contribution in [-0.2, 0) is 13.0 Å². The lowest BCUT2D eigenvalue weighted by Gasteiger charge is -2.41. The molecule has 0 spiro atoms. The second kappa shape index (κ2) is 9.43. The van der Waals surface area contributed by atoms with Gasteiger partial charge in [0.1, 0.15) is 11.5 Å². The molecule has 0 radical (unpaired) electrons. The van der Waals surface area contributed by atoms with Crippen LogP contribution < -0.4 is 5.32 Å². The van der Waals surface area contributed by atoms with E-state index in [-0.39, 0.29) is 24.4 Å². The Hall–Kier alpha value is -2.51. The van der Waals surface area contributed by atoms with Crippen molar-refractivity contribution in [2.45, 2.75) is 25.4 Å². The van der Waals surface area contributed by atoms with Crippen molar-refractivity contribution in [1.82, 2.24) is 15.1 Å². The van der Waals surface area contributed by atoms with Crippen molar-refractivity contribution in [1.29, 1.82) is 0 Å². The first kappa shape index (κ1) is 19.3. The van der Waals surface area contributed by atoms with E-state index < -0.39 is 0 Å². The molecule has 0 aliphatic carbocycles. The number of carbonyl (C=O) groups excluding carboxylic acids is 1. The molecule has 1 atom stereocenters. The van der Waals surface area contributed by atoms with Crippen LogP contribution in [-0.4, -0.2) is 64.9 Å². The number of nitrogens with one attached hydrogen (secondary N) is 1. The SMILES string of the molecule is O=C(NCCc1ccc(O)cc1)N1CCN(Cc2ccco2)[C@@H](CCO)C1. The number of urea groups is 1. The number of hydrogen-bond acceptors (Lipinski definition) is 5. The van der Waals surface area contributed by atoms with Crippen LogP contribution in [0.2, 0.25) is 0 Å². The Balaban J connectivity index is 1.48. The minimum Gasteiger partial charge on any atom is -0.508 e. The maximum absolute atomic E-state index is 12.5. The van der Waals surface area contributed by atoms with Crippen molar-refractivity contribution in [2.75, 3.05) is 32.8 Å². The Morgan fingerprint density at radius 2 is 2.04 bits per heavy atom. The van der Waals surface area contributed by atoms with Crippen molar-refractivity contribution in [3.05, 3.63) is 54.0 Å². The van der Waals surface area contributed by atoms with Crippen molar-refractivity contribution in [2.24, 2.45) is 0 Å². The van der Waals surface area contributed by atoms with E-state index in [1.807, 2.05) is 29.2 Å². The number of nitrogens with zero attached hydrogens (tertiary/aromatic N) is 2. The first-order valence-corrected chi connectivity index (χ1v) is 9.33. The second-order valence-corrected chi connectivity index (χ2v) is 6.81. The zero-order chi connectivity index (χ0) is 19.1. The van der Waals surface area contributed by atoms with Gasteiger partial charge in [-0.25, -0.2) is 4.79 Å². The summed E-state index contributed by atoms with van der Waals surface area (Å²) in [6.45, 7) is 3.31. The average Bonchev–Trinajstić information content (AvgIpc) is 3.18. The number of benzene rings is 1. The smallest absolute Gasteiger partial charge is 0.317 e. The molecule has 0 bridgehead atoms. The van der Waals surface area contributed by atoms with Gasteiger partial charge >= 0.3 is 6.03 Å². The summed E-state index contributed by atoms with van der Waals surface area (Å²) < 4.78 is 5.43. The predicted octanol–water partition coefficient (Wildman–Crippen LogP) is 1.81. The van der Waals surface area contributed by atoms with Crippen LogP contribution in [0, 0.1) is 0 Å².